The van der Waals surface area contributed by atoms with Gasteiger partial charge in [0.25, 0.3) is 5.91 Å². The number of piperidine rings is 1. The molecule has 1 amide bonds. The van der Waals surface area contributed by atoms with Crippen molar-refractivity contribution >= 4 is 11.9 Å². The molecule has 0 spiro atoms. The van der Waals surface area contributed by atoms with Crippen LogP contribution in [0.2, 0.25) is 0 Å². The maximum absolute atomic E-state index is 11.9. The summed E-state index contributed by atoms with van der Waals surface area (Å²) in [7, 11) is 0. The normalized spacial score (nSPS) is 16.8. The Hall–Kier alpha value is -1.85. The lowest BCUT2D eigenvalue weighted by Gasteiger charge is -2.31. The Morgan fingerprint density at radius 1 is 1.44 bits per heavy atom. The average Bonchev–Trinajstić information content (AvgIpc) is 2.90. The van der Waals surface area contributed by atoms with Crippen LogP contribution in [0.25, 0.3) is 0 Å². The van der Waals surface area contributed by atoms with E-state index in [1.54, 1.807) is 11.0 Å². The Bertz CT molecular complexity index is 408. The van der Waals surface area contributed by atoms with Crippen molar-refractivity contribution < 1.29 is 19.2 Å². The lowest BCUT2D eigenvalue weighted by atomic mass is 9.92. The topological polar surface area (TPSA) is 83.6 Å². The van der Waals surface area contributed by atoms with Crippen LogP contribution in [0.3, 0.4) is 0 Å². The van der Waals surface area contributed by atoms with Crippen molar-refractivity contribution in [1.29, 1.82) is 0 Å². The van der Waals surface area contributed by atoms with E-state index in [0.717, 1.165) is 12.8 Å². The highest BCUT2D eigenvalue weighted by Gasteiger charge is 2.25. The number of nitrogens with zero attached hydrogens (tertiary/aromatic N) is 2. The fraction of sp³-hybridized carbons (Fsp3) is 0.583. The van der Waals surface area contributed by atoms with Crippen LogP contribution in [-0.2, 0) is 4.79 Å². The Balaban J connectivity index is 1.80. The van der Waals surface area contributed by atoms with Crippen LogP contribution in [0, 0.1) is 5.92 Å². The monoisotopic (exact) mass is 252 g/mol. The van der Waals surface area contributed by atoms with Crippen LogP contribution < -0.4 is 0 Å². The molecule has 1 saturated heterocycles. The van der Waals surface area contributed by atoms with Gasteiger partial charge in [0.2, 0.25) is 0 Å². The number of aliphatic carboxylic acids is 1. The van der Waals surface area contributed by atoms with Crippen molar-refractivity contribution in [1.82, 2.24) is 10.1 Å². The van der Waals surface area contributed by atoms with Crippen molar-refractivity contribution in [2.75, 3.05) is 13.1 Å². The lowest BCUT2D eigenvalue weighted by molar-refractivity contribution is -0.137. The number of rotatable bonds is 4. The van der Waals surface area contributed by atoms with Gasteiger partial charge in [-0.25, -0.2) is 0 Å². The first kappa shape index (κ1) is 12.6. The molecule has 6 heteroatoms. The van der Waals surface area contributed by atoms with Crippen LogP contribution >= 0.6 is 0 Å². The van der Waals surface area contributed by atoms with Crippen molar-refractivity contribution in [3.8, 4) is 0 Å². The molecule has 0 radical (unpaired) electrons. The molecule has 1 fully saturated rings. The predicted octanol–water partition coefficient (Wildman–Crippen LogP) is 1.39. The zero-order valence-electron chi connectivity index (χ0n) is 10.0. The van der Waals surface area contributed by atoms with Gasteiger partial charge in [0, 0.05) is 25.6 Å². The molecule has 1 aliphatic heterocycles. The summed E-state index contributed by atoms with van der Waals surface area (Å²) in [6, 6.07) is 1.55. The van der Waals surface area contributed by atoms with Gasteiger partial charge in [0.05, 0.1) is 0 Å². The Labute approximate surface area is 105 Å². The number of carbonyl (C=O) groups is 2. The lowest BCUT2D eigenvalue weighted by Crippen LogP contribution is -2.38. The van der Waals surface area contributed by atoms with Crippen molar-refractivity contribution in [2.24, 2.45) is 5.92 Å². The number of carbonyl (C=O) groups excluding carboxylic acids is 1. The van der Waals surface area contributed by atoms with E-state index in [-0.39, 0.29) is 12.3 Å². The Kier molecular flexibility index (Phi) is 3.96. The van der Waals surface area contributed by atoms with Gasteiger partial charge in [-0.2, -0.15) is 0 Å². The molecule has 1 aromatic rings. The van der Waals surface area contributed by atoms with Crippen LogP contribution in [0.1, 0.15) is 36.2 Å². The van der Waals surface area contributed by atoms with Gasteiger partial charge in [0.15, 0.2) is 5.69 Å². The number of hydrogen-bond donors (Lipinski definition) is 1. The second-order valence-electron chi connectivity index (χ2n) is 4.55. The van der Waals surface area contributed by atoms with Crippen molar-refractivity contribution in [3.05, 3.63) is 18.0 Å². The zero-order valence-corrected chi connectivity index (χ0v) is 10.0. The number of aromatic nitrogens is 1. The molecular formula is C12H16N2O4. The van der Waals surface area contributed by atoms with E-state index in [4.69, 9.17) is 5.11 Å². The highest BCUT2D eigenvalue weighted by atomic mass is 16.5. The third kappa shape index (κ3) is 3.09. The molecule has 1 aliphatic rings. The zero-order chi connectivity index (χ0) is 13.0. The Morgan fingerprint density at radius 3 is 2.72 bits per heavy atom. The molecule has 6 nitrogen and oxygen atoms in total. The fourth-order valence-corrected chi connectivity index (χ4v) is 2.24. The average molecular weight is 252 g/mol. The SMILES string of the molecule is O=C(O)CCC1CCN(C(=O)c2ccon2)CC1. The van der Waals surface area contributed by atoms with Crippen molar-refractivity contribution in [3.63, 3.8) is 0 Å². The van der Waals surface area contributed by atoms with Gasteiger partial charge >= 0.3 is 5.97 Å². The van der Waals surface area contributed by atoms with Crippen LogP contribution in [0.5, 0.6) is 0 Å². The predicted molar refractivity (Wildman–Crippen MR) is 62.0 cm³/mol. The molecule has 0 atom stereocenters. The van der Waals surface area contributed by atoms with E-state index in [1.165, 1.54) is 6.26 Å². The third-order valence-corrected chi connectivity index (χ3v) is 3.33. The summed E-state index contributed by atoms with van der Waals surface area (Å²) in [6.45, 7) is 1.33. The molecule has 0 saturated carbocycles. The van der Waals surface area contributed by atoms with Gasteiger partial charge in [-0.3, -0.25) is 9.59 Å². The summed E-state index contributed by atoms with van der Waals surface area (Å²) < 4.78 is 4.65. The van der Waals surface area contributed by atoms with Crippen LogP contribution in [-0.4, -0.2) is 40.1 Å². The fourth-order valence-electron chi connectivity index (χ4n) is 2.24. The summed E-state index contributed by atoms with van der Waals surface area (Å²) in [5, 5.41) is 12.3. The quantitative estimate of drug-likeness (QED) is 0.875. The molecule has 18 heavy (non-hydrogen) atoms. The maximum atomic E-state index is 11.9. The highest BCUT2D eigenvalue weighted by molar-refractivity contribution is 5.92. The molecule has 0 aromatic carbocycles. The number of carboxylic acid groups (broad SMARTS) is 1. The van der Waals surface area contributed by atoms with E-state index < -0.39 is 5.97 Å². The van der Waals surface area contributed by atoms with Crippen molar-refractivity contribution in [2.45, 2.75) is 25.7 Å². The molecule has 1 aromatic heterocycles. The van der Waals surface area contributed by atoms with E-state index in [1.807, 2.05) is 0 Å². The minimum Gasteiger partial charge on any atom is -0.481 e. The van der Waals surface area contributed by atoms with E-state index in [9.17, 15) is 9.59 Å². The second kappa shape index (κ2) is 5.66. The standard InChI is InChI=1S/C12H16N2O4/c15-11(16)2-1-9-3-6-14(7-4-9)12(17)10-5-8-18-13-10/h5,8-9H,1-4,6-7H2,(H,15,16). The van der Waals surface area contributed by atoms with Gasteiger partial charge in [-0.1, -0.05) is 5.16 Å². The minimum atomic E-state index is -0.754. The molecule has 2 heterocycles. The van der Waals surface area contributed by atoms with E-state index >= 15 is 0 Å². The first-order chi connectivity index (χ1) is 8.66. The number of amides is 1. The molecule has 1 N–H and O–H groups in total. The Morgan fingerprint density at radius 2 is 2.17 bits per heavy atom. The summed E-state index contributed by atoms with van der Waals surface area (Å²) in [5.74, 6) is -0.459. The molecular weight excluding hydrogens is 236 g/mol. The van der Waals surface area contributed by atoms with Crippen LogP contribution in [0.15, 0.2) is 16.9 Å². The van der Waals surface area contributed by atoms with E-state index in [0.29, 0.717) is 31.1 Å². The van der Waals surface area contributed by atoms with Gasteiger partial charge in [-0.15, -0.1) is 0 Å². The first-order valence-corrected chi connectivity index (χ1v) is 6.08. The third-order valence-electron chi connectivity index (χ3n) is 3.33. The van der Waals surface area contributed by atoms with Gasteiger partial charge < -0.3 is 14.5 Å². The second-order valence-corrected chi connectivity index (χ2v) is 4.55. The molecule has 0 bridgehead atoms. The van der Waals surface area contributed by atoms with E-state index in [2.05, 4.69) is 9.68 Å². The molecule has 0 unspecified atom stereocenters. The number of carboxylic acids is 1. The largest absolute Gasteiger partial charge is 0.481 e. The molecule has 98 valence electrons. The van der Waals surface area contributed by atoms with Gasteiger partial charge in [0.1, 0.15) is 6.26 Å². The smallest absolute Gasteiger partial charge is 0.303 e. The first-order valence-electron chi connectivity index (χ1n) is 6.08. The number of likely N-dealkylation sites (tertiary alicyclic amines) is 1. The highest BCUT2D eigenvalue weighted by Crippen LogP contribution is 2.22. The maximum Gasteiger partial charge on any atom is 0.303 e. The summed E-state index contributed by atoms with van der Waals surface area (Å²) in [6.07, 6.45) is 4.00. The van der Waals surface area contributed by atoms with Gasteiger partial charge in [-0.05, 0) is 25.2 Å². The molecule has 2 rings (SSSR count). The summed E-state index contributed by atoms with van der Waals surface area (Å²) in [4.78, 5) is 24.2. The number of hydrogen-bond acceptors (Lipinski definition) is 4. The summed E-state index contributed by atoms with van der Waals surface area (Å²) >= 11 is 0. The molecule has 0 aliphatic carbocycles. The minimum absolute atomic E-state index is 0.111. The summed E-state index contributed by atoms with van der Waals surface area (Å²) in [5.41, 5.74) is 0.332. The van der Waals surface area contributed by atoms with Crippen LogP contribution in [0.4, 0.5) is 0 Å².